The summed E-state index contributed by atoms with van der Waals surface area (Å²) in [6, 6.07) is 11.9. The fourth-order valence-corrected chi connectivity index (χ4v) is 5.04. The van der Waals surface area contributed by atoms with E-state index in [9.17, 15) is 14.4 Å². The van der Waals surface area contributed by atoms with Gasteiger partial charge in [-0.1, -0.05) is 35.9 Å². The summed E-state index contributed by atoms with van der Waals surface area (Å²) >= 11 is 6.03. The molecule has 146 valence electrons. The number of hydrogen-bond donors (Lipinski definition) is 1. The molecule has 0 radical (unpaired) electrons. The number of allylic oxidation sites excluding steroid dienone is 2. The maximum absolute atomic E-state index is 13.0. The van der Waals surface area contributed by atoms with Gasteiger partial charge in [0.1, 0.15) is 0 Å². The SMILES string of the molecule is Cc1ccc(Cl)cc1NC(=O)c1cccc(N2C(=O)[C@@H]3[C@H](C2=O)[C@@H]2C=C[C@H]3C2)c1. The van der Waals surface area contributed by atoms with E-state index in [2.05, 4.69) is 17.5 Å². The van der Waals surface area contributed by atoms with Gasteiger partial charge in [0.2, 0.25) is 11.8 Å². The predicted molar refractivity (Wildman–Crippen MR) is 111 cm³/mol. The van der Waals surface area contributed by atoms with Crippen LogP contribution < -0.4 is 10.2 Å². The zero-order valence-corrected chi connectivity index (χ0v) is 16.5. The zero-order chi connectivity index (χ0) is 20.3. The van der Waals surface area contributed by atoms with Crippen molar-refractivity contribution in [2.45, 2.75) is 13.3 Å². The summed E-state index contributed by atoms with van der Waals surface area (Å²) in [5, 5.41) is 3.38. The lowest BCUT2D eigenvalue weighted by Gasteiger charge is -2.18. The van der Waals surface area contributed by atoms with Crippen LogP contribution in [-0.4, -0.2) is 17.7 Å². The highest BCUT2D eigenvalue weighted by molar-refractivity contribution is 6.31. The summed E-state index contributed by atoms with van der Waals surface area (Å²) in [6.45, 7) is 1.88. The molecule has 6 heteroatoms. The van der Waals surface area contributed by atoms with E-state index in [-0.39, 0.29) is 41.4 Å². The Hall–Kier alpha value is -2.92. The first kappa shape index (κ1) is 18.1. The number of nitrogens with zero attached hydrogens (tertiary/aromatic N) is 1. The fourth-order valence-electron chi connectivity index (χ4n) is 4.87. The molecular formula is C23H19ClN2O3. The molecule has 2 fully saturated rings. The Morgan fingerprint density at radius 1 is 1.03 bits per heavy atom. The second kappa shape index (κ2) is 6.56. The van der Waals surface area contributed by atoms with Crippen LogP contribution in [0.2, 0.25) is 5.02 Å². The molecule has 2 aliphatic carbocycles. The molecule has 1 heterocycles. The van der Waals surface area contributed by atoms with Crippen LogP contribution in [0.4, 0.5) is 11.4 Å². The van der Waals surface area contributed by atoms with Crippen molar-refractivity contribution >= 4 is 40.7 Å². The molecule has 1 aliphatic heterocycles. The second-order valence-corrected chi connectivity index (χ2v) is 8.41. The number of aryl methyl sites for hydroxylation is 1. The van der Waals surface area contributed by atoms with E-state index < -0.39 is 0 Å². The van der Waals surface area contributed by atoms with Crippen molar-refractivity contribution in [2.75, 3.05) is 10.2 Å². The van der Waals surface area contributed by atoms with Gasteiger partial charge < -0.3 is 5.32 Å². The third kappa shape index (κ3) is 2.80. The molecule has 1 N–H and O–H groups in total. The van der Waals surface area contributed by atoms with E-state index in [4.69, 9.17) is 11.6 Å². The third-order valence-corrected chi connectivity index (χ3v) is 6.52. The maximum atomic E-state index is 13.0. The van der Waals surface area contributed by atoms with E-state index in [0.29, 0.717) is 22.0 Å². The zero-order valence-electron chi connectivity index (χ0n) is 15.8. The number of rotatable bonds is 3. The van der Waals surface area contributed by atoms with Crippen LogP contribution in [0.5, 0.6) is 0 Å². The van der Waals surface area contributed by atoms with Crippen molar-refractivity contribution in [1.29, 1.82) is 0 Å². The smallest absolute Gasteiger partial charge is 0.255 e. The molecule has 5 rings (SSSR count). The van der Waals surface area contributed by atoms with Crippen LogP contribution in [0, 0.1) is 30.6 Å². The number of nitrogens with one attached hydrogen (secondary N) is 1. The first-order valence-corrected chi connectivity index (χ1v) is 10.1. The number of amides is 3. The fraction of sp³-hybridized carbons (Fsp3) is 0.261. The maximum Gasteiger partial charge on any atom is 0.255 e. The average Bonchev–Trinajstić information content (AvgIpc) is 3.38. The van der Waals surface area contributed by atoms with E-state index in [0.717, 1.165) is 12.0 Å². The first-order valence-electron chi connectivity index (χ1n) is 9.68. The number of carbonyl (C=O) groups is 3. The van der Waals surface area contributed by atoms with Gasteiger partial charge in [-0.25, -0.2) is 4.90 Å². The molecule has 1 saturated carbocycles. The van der Waals surface area contributed by atoms with Crippen molar-refractivity contribution in [3.63, 3.8) is 0 Å². The molecule has 5 nitrogen and oxygen atoms in total. The quantitative estimate of drug-likeness (QED) is 0.613. The molecule has 2 aromatic carbocycles. The highest BCUT2D eigenvalue weighted by Crippen LogP contribution is 2.53. The number of fused-ring (bicyclic) bond motifs is 5. The second-order valence-electron chi connectivity index (χ2n) is 7.98. The lowest BCUT2D eigenvalue weighted by atomic mass is 9.85. The van der Waals surface area contributed by atoms with Gasteiger partial charge in [0, 0.05) is 16.3 Å². The molecule has 2 aromatic rings. The normalized spacial score (nSPS) is 26.9. The molecule has 4 atom stereocenters. The van der Waals surface area contributed by atoms with Gasteiger partial charge in [-0.3, -0.25) is 14.4 Å². The predicted octanol–water partition coefficient (Wildman–Crippen LogP) is 4.21. The number of imide groups is 1. The van der Waals surface area contributed by atoms with Crippen molar-refractivity contribution in [3.05, 3.63) is 70.8 Å². The van der Waals surface area contributed by atoms with Gasteiger partial charge in [-0.05, 0) is 61.1 Å². The first-order chi connectivity index (χ1) is 13.9. The topological polar surface area (TPSA) is 66.5 Å². The molecule has 0 spiro atoms. The Kier molecular flexibility index (Phi) is 4.10. The van der Waals surface area contributed by atoms with Gasteiger partial charge in [-0.2, -0.15) is 0 Å². The van der Waals surface area contributed by atoms with Gasteiger partial charge in [-0.15, -0.1) is 0 Å². The van der Waals surface area contributed by atoms with Crippen LogP contribution >= 0.6 is 11.6 Å². The molecule has 2 bridgehead atoms. The largest absolute Gasteiger partial charge is 0.322 e. The minimum absolute atomic E-state index is 0.153. The monoisotopic (exact) mass is 406 g/mol. The Balaban J connectivity index is 1.42. The molecule has 3 aliphatic rings. The van der Waals surface area contributed by atoms with Crippen LogP contribution in [0.1, 0.15) is 22.3 Å². The number of benzene rings is 2. The average molecular weight is 407 g/mol. The van der Waals surface area contributed by atoms with Crippen molar-refractivity contribution in [2.24, 2.45) is 23.7 Å². The van der Waals surface area contributed by atoms with Gasteiger partial charge in [0.25, 0.3) is 5.91 Å². The van der Waals surface area contributed by atoms with E-state index >= 15 is 0 Å². The Bertz CT molecular complexity index is 1060. The van der Waals surface area contributed by atoms with Gasteiger partial charge in [0.05, 0.1) is 17.5 Å². The van der Waals surface area contributed by atoms with E-state index in [1.165, 1.54) is 4.90 Å². The Morgan fingerprint density at radius 3 is 2.41 bits per heavy atom. The highest BCUT2D eigenvalue weighted by Gasteiger charge is 2.59. The van der Waals surface area contributed by atoms with E-state index in [1.54, 1.807) is 36.4 Å². The number of anilines is 2. The van der Waals surface area contributed by atoms with Crippen molar-refractivity contribution in [1.82, 2.24) is 0 Å². The Morgan fingerprint density at radius 2 is 1.72 bits per heavy atom. The molecule has 0 aromatic heterocycles. The summed E-state index contributed by atoms with van der Waals surface area (Å²) < 4.78 is 0. The standard InChI is InChI=1S/C23H19ClN2O3/c1-12-5-8-16(24)11-18(12)25-21(27)15-3-2-4-17(10-15)26-22(28)19-13-6-7-14(9-13)20(19)23(26)29/h2-8,10-11,13-14,19-20H,9H2,1H3,(H,25,27)/t13-,14+,19-,20+. The van der Waals surface area contributed by atoms with Crippen molar-refractivity contribution < 1.29 is 14.4 Å². The minimum atomic E-state index is -0.321. The number of hydrogen-bond acceptors (Lipinski definition) is 3. The summed E-state index contributed by atoms with van der Waals surface area (Å²) in [6.07, 6.45) is 5.03. The van der Waals surface area contributed by atoms with Gasteiger partial charge >= 0.3 is 0 Å². The third-order valence-electron chi connectivity index (χ3n) is 6.28. The van der Waals surface area contributed by atoms with Crippen molar-refractivity contribution in [3.8, 4) is 0 Å². The highest BCUT2D eigenvalue weighted by atomic mass is 35.5. The summed E-state index contributed by atoms with van der Waals surface area (Å²) in [4.78, 5) is 40.0. The van der Waals surface area contributed by atoms with Crippen LogP contribution in [0.25, 0.3) is 0 Å². The van der Waals surface area contributed by atoms with Crippen LogP contribution in [0.3, 0.4) is 0 Å². The molecule has 29 heavy (non-hydrogen) atoms. The minimum Gasteiger partial charge on any atom is -0.322 e. The number of halogens is 1. The molecular weight excluding hydrogens is 388 g/mol. The Labute approximate surface area is 173 Å². The molecule has 3 amide bonds. The summed E-state index contributed by atoms with van der Waals surface area (Å²) in [5.74, 6) is -0.834. The summed E-state index contributed by atoms with van der Waals surface area (Å²) in [5.41, 5.74) is 2.34. The van der Waals surface area contributed by atoms with Crippen LogP contribution in [0.15, 0.2) is 54.6 Å². The number of carbonyl (C=O) groups excluding carboxylic acids is 3. The summed E-state index contributed by atoms with van der Waals surface area (Å²) in [7, 11) is 0. The van der Waals surface area contributed by atoms with Crippen LogP contribution in [-0.2, 0) is 9.59 Å². The van der Waals surface area contributed by atoms with Gasteiger partial charge in [0.15, 0.2) is 0 Å². The molecule has 1 saturated heterocycles. The van der Waals surface area contributed by atoms with E-state index in [1.807, 2.05) is 13.0 Å². The lowest BCUT2D eigenvalue weighted by molar-refractivity contribution is -0.123. The lowest BCUT2D eigenvalue weighted by Crippen LogP contribution is -2.33. The molecule has 0 unspecified atom stereocenters.